The third-order valence-corrected chi connectivity index (χ3v) is 5.79. The smallest absolute Gasteiger partial charge is 0.197 e. The molecular weight excluding hydrogens is 320 g/mol. The molecule has 1 N–H and O–H groups in total. The minimum atomic E-state index is -1.78. The summed E-state index contributed by atoms with van der Waals surface area (Å²) < 4.78 is 45.6. The largest absolute Gasteiger partial charge is 0.606 e. The molecule has 2 aromatic carbocycles. The van der Waals surface area contributed by atoms with Crippen molar-refractivity contribution in [2.75, 3.05) is 13.1 Å². The summed E-state index contributed by atoms with van der Waals surface area (Å²) in [6, 6.07) is 8.28. The van der Waals surface area contributed by atoms with E-state index in [1.807, 2.05) is 6.07 Å². The highest BCUT2D eigenvalue weighted by atomic mass is 32.2. The monoisotopic (exact) mass is 335 g/mol. The predicted molar refractivity (Wildman–Crippen MR) is 82.1 cm³/mol. The molecule has 4 rings (SSSR count). The van der Waals surface area contributed by atoms with E-state index in [2.05, 4.69) is 5.32 Å². The number of ether oxygens (including phenoxy) is 1. The maximum atomic E-state index is 13.8. The number of fused-ring (bicyclic) bond motifs is 3. The quantitative estimate of drug-likeness (QED) is 0.858. The van der Waals surface area contributed by atoms with Gasteiger partial charge in [-0.3, -0.25) is 0 Å². The van der Waals surface area contributed by atoms with E-state index in [9.17, 15) is 13.3 Å². The lowest BCUT2D eigenvalue weighted by Gasteiger charge is -2.24. The van der Waals surface area contributed by atoms with Gasteiger partial charge in [0.2, 0.25) is 0 Å². The molecular formula is C17H15F2NO2S. The van der Waals surface area contributed by atoms with Gasteiger partial charge in [-0.15, -0.1) is 0 Å². The topological polar surface area (TPSA) is 44.3 Å². The van der Waals surface area contributed by atoms with Crippen molar-refractivity contribution in [1.29, 1.82) is 0 Å². The average Bonchev–Trinajstić information content (AvgIpc) is 2.94. The lowest BCUT2D eigenvalue weighted by molar-refractivity contribution is 0.176. The molecule has 0 amide bonds. The third-order valence-electron chi connectivity index (χ3n) is 4.40. The van der Waals surface area contributed by atoms with Gasteiger partial charge in [-0.2, -0.15) is 0 Å². The van der Waals surface area contributed by atoms with E-state index in [1.165, 1.54) is 0 Å². The van der Waals surface area contributed by atoms with Gasteiger partial charge in [0.05, 0.1) is 0 Å². The zero-order valence-corrected chi connectivity index (χ0v) is 13.0. The molecule has 2 heterocycles. The fraction of sp³-hybridized carbons (Fsp3) is 0.294. The van der Waals surface area contributed by atoms with Crippen molar-refractivity contribution in [2.45, 2.75) is 28.2 Å². The van der Waals surface area contributed by atoms with Crippen LogP contribution in [0.4, 0.5) is 8.78 Å². The van der Waals surface area contributed by atoms with Gasteiger partial charge in [0.15, 0.2) is 15.6 Å². The van der Waals surface area contributed by atoms with E-state index in [0.717, 1.165) is 43.3 Å². The molecule has 2 aliphatic rings. The first-order chi connectivity index (χ1) is 11.1. The number of piperidine rings is 1. The fourth-order valence-corrected chi connectivity index (χ4v) is 4.38. The molecule has 6 heteroatoms. The minimum absolute atomic E-state index is 0.0911. The Morgan fingerprint density at radius 3 is 2.91 bits per heavy atom. The number of hydrogen-bond donors (Lipinski definition) is 1. The molecule has 3 unspecified atom stereocenters. The zero-order valence-electron chi connectivity index (χ0n) is 12.2. The Morgan fingerprint density at radius 2 is 2.04 bits per heavy atom. The second-order valence-electron chi connectivity index (χ2n) is 5.80. The van der Waals surface area contributed by atoms with Crippen molar-refractivity contribution in [1.82, 2.24) is 5.32 Å². The lowest BCUT2D eigenvalue weighted by atomic mass is 9.90. The van der Waals surface area contributed by atoms with E-state index >= 15 is 0 Å². The first-order valence-electron chi connectivity index (χ1n) is 7.51. The molecule has 3 atom stereocenters. The second kappa shape index (κ2) is 5.78. The molecule has 1 fully saturated rings. The summed E-state index contributed by atoms with van der Waals surface area (Å²) in [5.74, 6) is -0.237. The van der Waals surface area contributed by atoms with Crippen LogP contribution in [0.25, 0.3) is 0 Å². The van der Waals surface area contributed by atoms with Crippen LogP contribution in [-0.2, 0) is 11.2 Å². The van der Waals surface area contributed by atoms with E-state index in [1.54, 1.807) is 12.1 Å². The maximum Gasteiger partial charge on any atom is 0.197 e. The van der Waals surface area contributed by atoms with Crippen LogP contribution in [0.5, 0.6) is 5.75 Å². The summed E-state index contributed by atoms with van der Waals surface area (Å²) in [7, 11) is 0. The average molecular weight is 335 g/mol. The molecule has 1 saturated heterocycles. The van der Waals surface area contributed by atoms with Gasteiger partial charge < -0.3 is 14.6 Å². The van der Waals surface area contributed by atoms with Crippen molar-refractivity contribution in [2.24, 2.45) is 0 Å². The number of nitrogens with one attached hydrogen (secondary N) is 1. The SMILES string of the molecule is [O-][S+](c1ccc2c(c1)OC1CNCCC21)c1cc(F)ccc1F. The Hall–Kier alpha value is -1.63. The van der Waals surface area contributed by atoms with Gasteiger partial charge in [-0.05, 0) is 37.2 Å². The first kappa shape index (κ1) is 14.9. The van der Waals surface area contributed by atoms with E-state index in [-0.39, 0.29) is 11.0 Å². The first-order valence-corrected chi connectivity index (χ1v) is 8.66. The fourth-order valence-electron chi connectivity index (χ4n) is 3.26. The Morgan fingerprint density at radius 1 is 1.17 bits per heavy atom. The summed E-state index contributed by atoms with van der Waals surface area (Å²) >= 11 is -1.78. The van der Waals surface area contributed by atoms with Crippen LogP contribution < -0.4 is 10.1 Å². The summed E-state index contributed by atoms with van der Waals surface area (Å²) in [4.78, 5) is 0.266. The minimum Gasteiger partial charge on any atom is -0.606 e. The summed E-state index contributed by atoms with van der Waals surface area (Å²) in [5, 5.41) is 3.29. The van der Waals surface area contributed by atoms with E-state index in [4.69, 9.17) is 4.74 Å². The number of hydrogen-bond acceptors (Lipinski definition) is 3. The molecule has 120 valence electrons. The zero-order chi connectivity index (χ0) is 16.0. The van der Waals surface area contributed by atoms with Crippen molar-refractivity contribution in [3.05, 3.63) is 53.6 Å². The standard InChI is InChI=1S/C17H15F2NO2S/c18-10-1-4-14(19)17(7-10)23(21)11-2-3-12-13-5-6-20-9-16(13)22-15(12)8-11/h1-4,7-8,13,16,20H,5-6,9H2. The Bertz CT molecular complexity index is 755. The van der Waals surface area contributed by atoms with Crippen LogP contribution in [-0.4, -0.2) is 23.7 Å². The normalized spacial score (nSPS) is 23.8. The second-order valence-corrected chi connectivity index (χ2v) is 7.25. The van der Waals surface area contributed by atoms with Crippen molar-refractivity contribution in [3.8, 4) is 5.75 Å². The van der Waals surface area contributed by atoms with Gasteiger partial charge in [-0.1, -0.05) is 0 Å². The van der Waals surface area contributed by atoms with Crippen LogP contribution in [0.15, 0.2) is 46.2 Å². The molecule has 0 radical (unpaired) electrons. The highest BCUT2D eigenvalue weighted by Gasteiger charge is 2.37. The Balaban J connectivity index is 1.67. The Labute approximate surface area is 135 Å². The number of halogens is 2. The van der Waals surface area contributed by atoms with Crippen LogP contribution in [0.3, 0.4) is 0 Å². The third kappa shape index (κ3) is 2.60. The van der Waals surface area contributed by atoms with Crippen molar-refractivity contribution in [3.63, 3.8) is 0 Å². The van der Waals surface area contributed by atoms with Gasteiger partial charge in [-0.25, -0.2) is 8.78 Å². The molecule has 0 aliphatic carbocycles. The number of benzene rings is 2. The van der Waals surface area contributed by atoms with Gasteiger partial charge >= 0.3 is 0 Å². The molecule has 23 heavy (non-hydrogen) atoms. The van der Waals surface area contributed by atoms with Gasteiger partial charge in [0.25, 0.3) is 0 Å². The maximum absolute atomic E-state index is 13.8. The highest BCUT2D eigenvalue weighted by molar-refractivity contribution is 7.91. The predicted octanol–water partition coefficient (Wildman–Crippen LogP) is 2.97. The van der Waals surface area contributed by atoms with Gasteiger partial charge in [0, 0.05) is 41.3 Å². The van der Waals surface area contributed by atoms with Crippen molar-refractivity contribution >= 4 is 11.2 Å². The molecule has 0 bridgehead atoms. The lowest BCUT2D eigenvalue weighted by Crippen LogP contribution is -2.39. The molecule has 2 aromatic rings. The molecule has 0 spiro atoms. The van der Waals surface area contributed by atoms with Crippen LogP contribution in [0.2, 0.25) is 0 Å². The highest BCUT2D eigenvalue weighted by Crippen LogP contribution is 2.42. The van der Waals surface area contributed by atoms with Crippen LogP contribution in [0, 0.1) is 11.6 Å². The summed E-state index contributed by atoms with van der Waals surface area (Å²) in [6.45, 7) is 1.74. The molecule has 3 nitrogen and oxygen atoms in total. The Kier molecular flexibility index (Phi) is 3.75. The van der Waals surface area contributed by atoms with Gasteiger partial charge in [0.1, 0.15) is 17.7 Å². The number of rotatable bonds is 2. The van der Waals surface area contributed by atoms with Crippen LogP contribution >= 0.6 is 0 Å². The molecule has 2 aliphatic heterocycles. The van der Waals surface area contributed by atoms with Crippen molar-refractivity contribution < 1.29 is 18.1 Å². The summed E-state index contributed by atoms with van der Waals surface area (Å²) in [5.41, 5.74) is 1.11. The molecule has 0 saturated carbocycles. The molecule has 0 aromatic heterocycles. The van der Waals surface area contributed by atoms with E-state index < -0.39 is 22.8 Å². The van der Waals surface area contributed by atoms with Crippen LogP contribution in [0.1, 0.15) is 17.9 Å². The summed E-state index contributed by atoms with van der Waals surface area (Å²) in [6.07, 6.45) is 1.09. The van der Waals surface area contributed by atoms with E-state index in [0.29, 0.717) is 16.6 Å².